The van der Waals surface area contributed by atoms with E-state index in [0.29, 0.717) is 34.2 Å². The molecule has 128 valence electrons. The first kappa shape index (κ1) is 15.6. The van der Waals surface area contributed by atoms with Gasteiger partial charge in [0, 0.05) is 11.8 Å². The van der Waals surface area contributed by atoms with E-state index in [-0.39, 0.29) is 0 Å². The van der Waals surface area contributed by atoms with Crippen LogP contribution in [0.2, 0.25) is 0 Å². The molecule has 0 aliphatic rings. The average Bonchev–Trinajstić information content (AvgIpc) is 3.11. The Morgan fingerprint density at radius 1 is 1.15 bits per heavy atom. The molecule has 0 unspecified atom stereocenters. The van der Waals surface area contributed by atoms with Crippen molar-refractivity contribution < 1.29 is 4.74 Å². The zero-order valence-corrected chi connectivity index (χ0v) is 13.7. The number of nitrogens with one attached hydrogen (secondary N) is 1. The molecule has 0 radical (unpaired) electrons. The molecule has 4 aromatic rings. The molecule has 0 saturated carbocycles. The molecular formula is C17H13N7O2. The molecule has 0 aliphatic carbocycles. The number of benzene rings is 2. The highest BCUT2D eigenvalue weighted by molar-refractivity contribution is 5.73. The van der Waals surface area contributed by atoms with E-state index in [2.05, 4.69) is 30.8 Å². The van der Waals surface area contributed by atoms with Crippen LogP contribution in [0.5, 0.6) is 5.75 Å². The van der Waals surface area contributed by atoms with Gasteiger partial charge in [0.05, 0.1) is 19.0 Å². The van der Waals surface area contributed by atoms with Gasteiger partial charge in [-0.1, -0.05) is 17.3 Å². The molecule has 26 heavy (non-hydrogen) atoms. The molecule has 0 spiro atoms. The number of hydrogen-bond acceptors (Lipinski definition) is 8. The van der Waals surface area contributed by atoms with Gasteiger partial charge in [0.15, 0.2) is 11.2 Å². The highest BCUT2D eigenvalue weighted by Crippen LogP contribution is 2.22. The summed E-state index contributed by atoms with van der Waals surface area (Å²) in [6, 6.07) is 14.2. The predicted octanol–water partition coefficient (Wildman–Crippen LogP) is 3.36. The number of nitroso groups, excluding NO2 is 1. The molecule has 0 saturated heterocycles. The summed E-state index contributed by atoms with van der Waals surface area (Å²) in [5.74, 6) is 1.06. The van der Waals surface area contributed by atoms with E-state index < -0.39 is 0 Å². The Hall–Kier alpha value is -3.88. The number of hydrogen-bond donors (Lipinski definition) is 1. The van der Waals surface area contributed by atoms with Crippen molar-refractivity contribution in [2.24, 2.45) is 5.18 Å². The summed E-state index contributed by atoms with van der Waals surface area (Å²) < 4.78 is 6.85. The number of nitrogens with zero attached hydrogens (tertiary/aromatic N) is 6. The fourth-order valence-corrected chi connectivity index (χ4v) is 2.47. The zero-order chi connectivity index (χ0) is 17.9. The first-order valence-electron chi connectivity index (χ1n) is 7.70. The standard InChI is InChI=1S/C17H13N7O2/c1-26-14-7-3-6-13(9-14)24-16-15(21-23-24)10-18-17(20-16)19-11-4-2-5-12(8-11)22-25/h2-10H,1H3,(H,18,19,20). The third-order valence-electron chi connectivity index (χ3n) is 3.70. The van der Waals surface area contributed by atoms with Gasteiger partial charge < -0.3 is 10.1 Å². The minimum absolute atomic E-state index is 0.319. The number of methoxy groups -OCH3 is 1. The van der Waals surface area contributed by atoms with Gasteiger partial charge in [-0.05, 0) is 35.5 Å². The lowest BCUT2D eigenvalue weighted by Crippen LogP contribution is -2.01. The molecule has 1 N–H and O–H groups in total. The lowest BCUT2D eigenvalue weighted by molar-refractivity contribution is 0.414. The first-order valence-corrected chi connectivity index (χ1v) is 7.70. The highest BCUT2D eigenvalue weighted by Gasteiger charge is 2.11. The number of aromatic nitrogens is 5. The maximum Gasteiger partial charge on any atom is 0.229 e. The Morgan fingerprint density at radius 2 is 2.04 bits per heavy atom. The van der Waals surface area contributed by atoms with E-state index in [1.807, 2.05) is 24.3 Å². The monoisotopic (exact) mass is 347 g/mol. The summed E-state index contributed by atoms with van der Waals surface area (Å²) in [5, 5.41) is 14.2. The van der Waals surface area contributed by atoms with E-state index in [1.54, 1.807) is 42.3 Å². The molecule has 9 heteroatoms. The van der Waals surface area contributed by atoms with E-state index in [9.17, 15) is 4.91 Å². The van der Waals surface area contributed by atoms with Crippen LogP contribution in [0.1, 0.15) is 0 Å². The summed E-state index contributed by atoms with van der Waals surface area (Å²) in [5.41, 5.74) is 2.84. The summed E-state index contributed by atoms with van der Waals surface area (Å²) in [6.07, 6.45) is 1.58. The van der Waals surface area contributed by atoms with E-state index in [4.69, 9.17) is 4.74 Å². The molecule has 0 aliphatic heterocycles. The smallest absolute Gasteiger partial charge is 0.229 e. The molecular weight excluding hydrogens is 334 g/mol. The van der Waals surface area contributed by atoms with E-state index in [0.717, 1.165) is 5.69 Å². The summed E-state index contributed by atoms with van der Waals surface area (Å²) >= 11 is 0. The predicted molar refractivity (Wildman–Crippen MR) is 96.2 cm³/mol. The fourth-order valence-electron chi connectivity index (χ4n) is 2.47. The Balaban J connectivity index is 1.73. The first-order chi connectivity index (χ1) is 12.8. The number of ether oxygens (including phenoxy) is 1. The van der Waals surface area contributed by atoms with Gasteiger partial charge in [-0.15, -0.1) is 10.0 Å². The number of rotatable bonds is 5. The van der Waals surface area contributed by atoms with Crippen LogP contribution < -0.4 is 10.1 Å². The second kappa shape index (κ2) is 6.55. The lowest BCUT2D eigenvalue weighted by Gasteiger charge is -2.06. The Labute approximate surface area is 147 Å². The number of anilines is 2. The van der Waals surface area contributed by atoms with Crippen LogP contribution in [0.15, 0.2) is 59.9 Å². The minimum Gasteiger partial charge on any atom is -0.497 e. The largest absolute Gasteiger partial charge is 0.497 e. The van der Waals surface area contributed by atoms with Crippen molar-refractivity contribution in [3.63, 3.8) is 0 Å². The van der Waals surface area contributed by atoms with Gasteiger partial charge in [0.1, 0.15) is 11.4 Å². The van der Waals surface area contributed by atoms with Gasteiger partial charge in [-0.25, -0.2) is 4.98 Å². The topological polar surface area (TPSA) is 107 Å². The lowest BCUT2D eigenvalue weighted by atomic mass is 10.3. The normalized spacial score (nSPS) is 10.7. The maximum atomic E-state index is 10.7. The molecule has 4 rings (SSSR count). The minimum atomic E-state index is 0.319. The van der Waals surface area contributed by atoms with Crippen LogP contribution in [-0.2, 0) is 0 Å². The van der Waals surface area contributed by atoms with Gasteiger partial charge >= 0.3 is 0 Å². The van der Waals surface area contributed by atoms with E-state index >= 15 is 0 Å². The van der Waals surface area contributed by atoms with Crippen LogP contribution >= 0.6 is 0 Å². The summed E-state index contributed by atoms with van der Waals surface area (Å²) in [6.45, 7) is 0. The second-order valence-electron chi connectivity index (χ2n) is 5.37. The SMILES string of the molecule is COc1cccc(-n2nnc3cnc(Nc4cccc(N=O)c4)nc32)c1. The van der Waals surface area contributed by atoms with Crippen molar-refractivity contribution in [2.45, 2.75) is 0 Å². The molecule has 0 fully saturated rings. The molecule has 2 heterocycles. The van der Waals surface area contributed by atoms with Gasteiger partial charge in [-0.3, -0.25) is 0 Å². The third kappa shape index (κ3) is 2.93. The summed E-state index contributed by atoms with van der Waals surface area (Å²) in [7, 11) is 1.60. The highest BCUT2D eigenvalue weighted by atomic mass is 16.5. The summed E-state index contributed by atoms with van der Waals surface area (Å²) in [4.78, 5) is 19.4. The molecule has 2 aromatic heterocycles. The van der Waals surface area contributed by atoms with Crippen LogP contribution in [0, 0.1) is 4.91 Å². The van der Waals surface area contributed by atoms with Crippen LogP contribution in [-0.4, -0.2) is 32.1 Å². The maximum absolute atomic E-state index is 10.7. The van der Waals surface area contributed by atoms with Crippen molar-refractivity contribution in [1.29, 1.82) is 0 Å². The van der Waals surface area contributed by atoms with E-state index in [1.165, 1.54) is 0 Å². The van der Waals surface area contributed by atoms with Crippen molar-refractivity contribution in [3.05, 3.63) is 59.6 Å². The molecule has 9 nitrogen and oxygen atoms in total. The quantitative estimate of drug-likeness (QED) is 0.551. The Bertz CT molecular complexity index is 1090. The third-order valence-corrected chi connectivity index (χ3v) is 3.70. The average molecular weight is 347 g/mol. The van der Waals surface area contributed by atoms with Crippen LogP contribution in [0.4, 0.5) is 17.3 Å². The zero-order valence-electron chi connectivity index (χ0n) is 13.7. The van der Waals surface area contributed by atoms with Gasteiger partial charge in [-0.2, -0.15) is 9.67 Å². The van der Waals surface area contributed by atoms with Crippen LogP contribution in [0.25, 0.3) is 16.9 Å². The Kier molecular flexibility index (Phi) is 3.94. The van der Waals surface area contributed by atoms with Crippen LogP contribution in [0.3, 0.4) is 0 Å². The van der Waals surface area contributed by atoms with Crippen molar-refractivity contribution >= 4 is 28.5 Å². The van der Waals surface area contributed by atoms with Gasteiger partial charge in [0.2, 0.25) is 5.95 Å². The molecule has 0 amide bonds. The second-order valence-corrected chi connectivity index (χ2v) is 5.37. The molecule has 0 bridgehead atoms. The van der Waals surface area contributed by atoms with Crippen molar-refractivity contribution in [3.8, 4) is 11.4 Å². The number of fused-ring (bicyclic) bond motifs is 1. The molecule has 2 aromatic carbocycles. The van der Waals surface area contributed by atoms with Gasteiger partial charge in [0.25, 0.3) is 0 Å². The Morgan fingerprint density at radius 3 is 2.88 bits per heavy atom. The fraction of sp³-hybridized carbons (Fsp3) is 0.0588. The molecule has 0 atom stereocenters. The van der Waals surface area contributed by atoms with Crippen molar-refractivity contribution in [2.75, 3.05) is 12.4 Å². The van der Waals surface area contributed by atoms with Crippen molar-refractivity contribution in [1.82, 2.24) is 25.0 Å².